The highest BCUT2D eigenvalue weighted by atomic mass is 35.5. The van der Waals surface area contributed by atoms with Crippen molar-refractivity contribution >= 4 is 47.1 Å². The lowest BCUT2D eigenvalue weighted by Gasteiger charge is -2.40. The Labute approximate surface area is 234 Å². The summed E-state index contributed by atoms with van der Waals surface area (Å²) < 4.78 is 5.04. The lowest BCUT2D eigenvalue weighted by molar-refractivity contribution is -0.134. The smallest absolute Gasteiger partial charge is 0.409 e. The molecule has 1 aromatic rings. The van der Waals surface area contributed by atoms with Gasteiger partial charge in [-0.3, -0.25) is 9.59 Å². The van der Waals surface area contributed by atoms with E-state index in [0.29, 0.717) is 75.0 Å². The van der Waals surface area contributed by atoms with E-state index in [1.165, 1.54) is 37.4 Å². The first kappa shape index (κ1) is 28.7. The summed E-state index contributed by atoms with van der Waals surface area (Å²) in [6.07, 6.45) is 6.45. The molecule has 0 aromatic carbocycles. The monoisotopic (exact) mass is 566 g/mol. The fraction of sp³-hybridized carbons (Fsp3) is 0.731. The van der Waals surface area contributed by atoms with Crippen molar-refractivity contribution < 1.29 is 19.1 Å². The Morgan fingerprint density at radius 3 is 2.42 bits per heavy atom. The molecule has 3 aliphatic rings. The molecule has 2 saturated heterocycles. The number of aromatic nitrogens is 2. The van der Waals surface area contributed by atoms with Gasteiger partial charge in [0, 0.05) is 64.3 Å². The fourth-order valence-electron chi connectivity index (χ4n) is 5.49. The Kier molecular flexibility index (Phi) is 10.3. The molecule has 2 aliphatic heterocycles. The van der Waals surface area contributed by atoms with Crippen molar-refractivity contribution in [1.82, 2.24) is 24.7 Å². The van der Waals surface area contributed by atoms with Crippen LogP contribution in [0, 0.1) is 5.92 Å². The third kappa shape index (κ3) is 7.65. The summed E-state index contributed by atoms with van der Waals surface area (Å²) in [6.45, 7) is 8.07. The topological polar surface area (TPSA) is 99.2 Å². The van der Waals surface area contributed by atoms with E-state index in [2.05, 4.69) is 21.8 Å². The maximum absolute atomic E-state index is 12.9. The third-order valence-corrected chi connectivity index (χ3v) is 8.68. The van der Waals surface area contributed by atoms with Crippen molar-refractivity contribution in [3.05, 3.63) is 11.2 Å². The van der Waals surface area contributed by atoms with Gasteiger partial charge in [-0.25, -0.2) is 14.8 Å². The molecule has 210 valence electrons. The van der Waals surface area contributed by atoms with E-state index in [1.54, 1.807) is 22.8 Å². The van der Waals surface area contributed by atoms with Gasteiger partial charge in [-0.05, 0) is 26.2 Å². The molecule has 1 aromatic heterocycles. The average molecular weight is 567 g/mol. The van der Waals surface area contributed by atoms with Crippen LogP contribution in [-0.2, 0) is 14.3 Å². The number of rotatable bonds is 8. The van der Waals surface area contributed by atoms with Crippen LogP contribution in [0.25, 0.3) is 0 Å². The summed E-state index contributed by atoms with van der Waals surface area (Å²) in [6, 6.07) is 1.83. The molecule has 1 aliphatic carbocycles. The molecular weight excluding hydrogens is 528 g/mol. The zero-order valence-corrected chi connectivity index (χ0v) is 24.0. The van der Waals surface area contributed by atoms with Gasteiger partial charge in [-0.2, -0.15) is 0 Å². The molecule has 3 amide bonds. The van der Waals surface area contributed by atoms with E-state index in [4.69, 9.17) is 16.3 Å². The van der Waals surface area contributed by atoms with E-state index < -0.39 is 0 Å². The van der Waals surface area contributed by atoms with Crippen molar-refractivity contribution in [2.75, 3.05) is 63.1 Å². The van der Waals surface area contributed by atoms with Gasteiger partial charge < -0.3 is 24.3 Å². The van der Waals surface area contributed by atoms with Gasteiger partial charge in [0.15, 0.2) is 5.16 Å². The van der Waals surface area contributed by atoms with E-state index in [1.807, 2.05) is 4.90 Å². The second kappa shape index (κ2) is 13.7. The molecule has 38 heavy (non-hydrogen) atoms. The van der Waals surface area contributed by atoms with Crippen molar-refractivity contribution in [2.24, 2.45) is 5.92 Å². The van der Waals surface area contributed by atoms with E-state index in [-0.39, 0.29) is 29.7 Å². The molecule has 0 spiro atoms. The average Bonchev–Trinajstić information content (AvgIpc) is 3.44. The zero-order chi connectivity index (χ0) is 27.1. The summed E-state index contributed by atoms with van der Waals surface area (Å²) in [5, 5.41) is 0.782. The molecule has 0 radical (unpaired) electrons. The van der Waals surface area contributed by atoms with Crippen LogP contribution in [0.4, 0.5) is 10.6 Å². The van der Waals surface area contributed by atoms with E-state index >= 15 is 0 Å². The van der Waals surface area contributed by atoms with Gasteiger partial charge in [-0.15, -0.1) is 0 Å². The van der Waals surface area contributed by atoms with Crippen LogP contribution in [0.2, 0.25) is 5.15 Å². The highest BCUT2D eigenvalue weighted by Gasteiger charge is 2.29. The van der Waals surface area contributed by atoms with Crippen molar-refractivity contribution in [3.63, 3.8) is 0 Å². The van der Waals surface area contributed by atoms with E-state index in [0.717, 1.165) is 12.3 Å². The Morgan fingerprint density at radius 2 is 1.74 bits per heavy atom. The van der Waals surface area contributed by atoms with Crippen LogP contribution >= 0.6 is 23.4 Å². The predicted molar refractivity (Wildman–Crippen MR) is 148 cm³/mol. The van der Waals surface area contributed by atoms with Crippen LogP contribution in [0.3, 0.4) is 0 Å². The first-order valence-electron chi connectivity index (χ1n) is 13.7. The molecule has 10 nitrogen and oxygen atoms in total. The second-order valence-electron chi connectivity index (χ2n) is 10.3. The molecule has 0 N–H and O–H groups in total. The van der Waals surface area contributed by atoms with Crippen molar-refractivity contribution in [3.8, 4) is 0 Å². The largest absolute Gasteiger partial charge is 0.450 e. The number of halogens is 1. The van der Waals surface area contributed by atoms with Crippen LogP contribution in [0.15, 0.2) is 11.2 Å². The number of carbonyl (C=O) groups excluding carboxylic acids is 3. The summed E-state index contributed by atoms with van der Waals surface area (Å²) in [4.78, 5) is 54.0. The molecule has 3 fully saturated rings. The van der Waals surface area contributed by atoms with Crippen LogP contribution in [-0.4, -0.2) is 107 Å². The SMILES string of the molecule is CCOC(=O)N1CCN(C(=O)CSc2nc(Cl)cc(N3CCN(C(=O)CCC4CCCC4)C(C)C3)n2)CC1. The maximum Gasteiger partial charge on any atom is 0.409 e. The Bertz CT molecular complexity index is 986. The fourth-order valence-corrected chi connectivity index (χ4v) is 6.47. The number of hydrogen-bond acceptors (Lipinski definition) is 8. The lowest BCUT2D eigenvalue weighted by Crippen LogP contribution is -2.54. The molecule has 1 atom stereocenters. The number of piperazine rings is 2. The molecule has 1 saturated carbocycles. The predicted octanol–water partition coefficient (Wildman–Crippen LogP) is 3.53. The standard InChI is InChI=1S/C26H39ClN6O4S/c1-3-37-26(36)31-12-10-30(11-13-31)24(35)18-38-25-28-21(27)16-22(29-25)32-14-15-33(19(2)17-32)23(34)9-8-20-6-4-5-7-20/h16,19-20H,3-15,17-18H2,1-2H3. The first-order chi connectivity index (χ1) is 18.3. The van der Waals surface area contributed by atoms with Gasteiger partial charge in [0.25, 0.3) is 0 Å². The van der Waals surface area contributed by atoms with Gasteiger partial charge in [0.2, 0.25) is 11.8 Å². The first-order valence-corrected chi connectivity index (χ1v) is 15.1. The minimum atomic E-state index is -0.336. The molecule has 0 bridgehead atoms. The number of hydrogen-bond donors (Lipinski definition) is 0. The summed E-state index contributed by atoms with van der Waals surface area (Å²) in [5.74, 6) is 1.85. The Balaban J connectivity index is 1.26. The Morgan fingerprint density at radius 1 is 1.03 bits per heavy atom. The number of nitrogens with zero attached hydrogens (tertiary/aromatic N) is 6. The number of anilines is 1. The summed E-state index contributed by atoms with van der Waals surface area (Å²) in [7, 11) is 0. The quantitative estimate of drug-likeness (QED) is 0.268. The Hall–Kier alpha value is -2.27. The summed E-state index contributed by atoms with van der Waals surface area (Å²) >= 11 is 7.58. The van der Waals surface area contributed by atoms with Gasteiger partial charge in [0.05, 0.1) is 12.4 Å². The second-order valence-corrected chi connectivity index (χ2v) is 11.6. The highest BCUT2D eigenvalue weighted by molar-refractivity contribution is 7.99. The number of amides is 3. The number of ether oxygens (including phenoxy) is 1. The summed E-state index contributed by atoms with van der Waals surface area (Å²) in [5.41, 5.74) is 0. The van der Waals surface area contributed by atoms with Gasteiger partial charge in [-0.1, -0.05) is 49.0 Å². The normalized spacial score (nSPS) is 20.7. The minimum Gasteiger partial charge on any atom is -0.450 e. The lowest BCUT2D eigenvalue weighted by atomic mass is 10.0. The van der Waals surface area contributed by atoms with Crippen molar-refractivity contribution in [1.29, 1.82) is 0 Å². The van der Waals surface area contributed by atoms with Gasteiger partial charge >= 0.3 is 6.09 Å². The van der Waals surface area contributed by atoms with Crippen molar-refractivity contribution in [2.45, 2.75) is 63.6 Å². The number of carbonyl (C=O) groups is 3. The van der Waals surface area contributed by atoms with E-state index in [9.17, 15) is 14.4 Å². The molecule has 4 rings (SSSR count). The number of thioether (sulfide) groups is 1. The zero-order valence-electron chi connectivity index (χ0n) is 22.4. The highest BCUT2D eigenvalue weighted by Crippen LogP contribution is 2.29. The van der Waals surface area contributed by atoms with Crippen LogP contribution < -0.4 is 4.90 Å². The molecule has 12 heteroatoms. The van der Waals surface area contributed by atoms with Crippen LogP contribution in [0.5, 0.6) is 0 Å². The third-order valence-electron chi connectivity index (χ3n) is 7.66. The minimum absolute atomic E-state index is 0.0259. The maximum atomic E-state index is 12.9. The van der Waals surface area contributed by atoms with Gasteiger partial charge in [0.1, 0.15) is 11.0 Å². The van der Waals surface area contributed by atoms with Crippen LogP contribution in [0.1, 0.15) is 52.4 Å². The molecule has 3 heterocycles. The molecule has 1 unspecified atom stereocenters. The molecular formula is C26H39ClN6O4S.